The minimum absolute atomic E-state index is 0.139. The number of aryl methyl sites for hydroxylation is 1. The van der Waals surface area contributed by atoms with Crippen LogP contribution < -0.4 is 0 Å². The fourth-order valence-electron chi connectivity index (χ4n) is 4.66. The molecule has 0 radical (unpaired) electrons. The van der Waals surface area contributed by atoms with Crippen LogP contribution in [0.25, 0.3) is 0 Å². The number of fused-ring (bicyclic) bond motifs is 1. The van der Waals surface area contributed by atoms with Gasteiger partial charge in [0.15, 0.2) is 0 Å². The quantitative estimate of drug-likeness (QED) is 0.700. The van der Waals surface area contributed by atoms with Gasteiger partial charge in [-0.2, -0.15) is 0 Å². The van der Waals surface area contributed by atoms with Crippen molar-refractivity contribution in [2.75, 3.05) is 0 Å². The third-order valence-electron chi connectivity index (χ3n) is 6.79. The highest BCUT2D eigenvalue weighted by molar-refractivity contribution is 5.86. The first-order valence-electron chi connectivity index (χ1n) is 10.8. The molecule has 2 aliphatic carbocycles. The first-order chi connectivity index (χ1) is 13.6. The molecule has 4 heteroatoms. The smallest absolute Gasteiger partial charge is 0.338 e. The number of carbonyl (C=O) groups is 1. The van der Waals surface area contributed by atoms with E-state index in [2.05, 4.69) is 56.7 Å². The minimum atomic E-state index is -0.986. The van der Waals surface area contributed by atoms with Crippen LogP contribution in [0.2, 0.25) is 0 Å². The van der Waals surface area contributed by atoms with Crippen LogP contribution in [-0.2, 0) is 16.2 Å². The van der Waals surface area contributed by atoms with Crippen molar-refractivity contribution in [1.82, 2.24) is 9.97 Å². The number of aromatic nitrogens is 2. The van der Waals surface area contributed by atoms with E-state index in [-0.39, 0.29) is 21.8 Å². The summed E-state index contributed by atoms with van der Waals surface area (Å²) < 4.78 is 0. The third kappa shape index (κ3) is 3.58. The van der Waals surface area contributed by atoms with Crippen LogP contribution in [-0.4, -0.2) is 21.0 Å². The SMILES string of the molecule is CC.Cc1cc2c(cc1C1(c3ncc(C(=O)O)cn3)CC1)C(C)(C)CCC2(C)C. The lowest BCUT2D eigenvalue weighted by Crippen LogP contribution is -2.34. The van der Waals surface area contributed by atoms with Crippen molar-refractivity contribution in [2.24, 2.45) is 0 Å². The zero-order valence-corrected chi connectivity index (χ0v) is 18.9. The lowest BCUT2D eigenvalue weighted by atomic mass is 9.62. The van der Waals surface area contributed by atoms with Gasteiger partial charge >= 0.3 is 5.97 Å². The molecule has 2 aliphatic rings. The van der Waals surface area contributed by atoms with Crippen LogP contribution in [0, 0.1) is 6.92 Å². The summed E-state index contributed by atoms with van der Waals surface area (Å²) in [4.78, 5) is 20.0. The van der Waals surface area contributed by atoms with Crippen molar-refractivity contribution in [1.29, 1.82) is 0 Å². The number of benzene rings is 1. The molecule has 1 N–H and O–H groups in total. The predicted molar refractivity (Wildman–Crippen MR) is 117 cm³/mol. The second-order valence-corrected chi connectivity index (χ2v) is 9.66. The van der Waals surface area contributed by atoms with Gasteiger partial charge < -0.3 is 5.11 Å². The van der Waals surface area contributed by atoms with E-state index < -0.39 is 5.97 Å². The van der Waals surface area contributed by atoms with Crippen molar-refractivity contribution in [3.63, 3.8) is 0 Å². The molecular formula is C25H34N2O2. The molecule has 0 unspecified atom stereocenters. The van der Waals surface area contributed by atoms with Crippen LogP contribution in [0.5, 0.6) is 0 Å². The van der Waals surface area contributed by atoms with Gasteiger partial charge in [-0.1, -0.05) is 53.7 Å². The Morgan fingerprint density at radius 3 is 1.79 bits per heavy atom. The molecule has 1 aromatic heterocycles. The second kappa shape index (κ2) is 7.23. The van der Waals surface area contributed by atoms with Gasteiger partial charge in [0.1, 0.15) is 5.82 Å². The zero-order valence-electron chi connectivity index (χ0n) is 18.9. The maximum atomic E-state index is 11.1. The first kappa shape index (κ1) is 21.5. The Labute approximate surface area is 174 Å². The van der Waals surface area contributed by atoms with E-state index in [1.54, 1.807) is 0 Å². The topological polar surface area (TPSA) is 63.1 Å². The van der Waals surface area contributed by atoms with E-state index in [1.807, 2.05) is 13.8 Å². The highest BCUT2D eigenvalue weighted by atomic mass is 16.4. The van der Waals surface area contributed by atoms with Crippen LogP contribution >= 0.6 is 0 Å². The molecule has 1 fully saturated rings. The Hall–Kier alpha value is -2.23. The Kier molecular flexibility index (Phi) is 5.35. The van der Waals surface area contributed by atoms with Gasteiger partial charge in [-0.15, -0.1) is 0 Å². The summed E-state index contributed by atoms with van der Waals surface area (Å²) >= 11 is 0. The normalized spacial score (nSPS) is 20.1. The van der Waals surface area contributed by atoms with Crippen molar-refractivity contribution >= 4 is 5.97 Å². The van der Waals surface area contributed by atoms with Crippen LogP contribution in [0.1, 0.15) is 106 Å². The van der Waals surface area contributed by atoms with E-state index in [9.17, 15) is 4.79 Å². The Morgan fingerprint density at radius 2 is 1.34 bits per heavy atom. The van der Waals surface area contributed by atoms with Crippen molar-refractivity contribution in [3.05, 3.63) is 58.2 Å². The highest BCUT2D eigenvalue weighted by Gasteiger charge is 2.50. The molecule has 0 amide bonds. The molecule has 2 aromatic rings. The molecule has 1 heterocycles. The molecule has 0 atom stereocenters. The Balaban J connectivity index is 0.00000117. The molecule has 0 bridgehead atoms. The molecule has 1 saturated carbocycles. The maximum absolute atomic E-state index is 11.1. The Morgan fingerprint density at radius 1 is 0.862 bits per heavy atom. The fourth-order valence-corrected chi connectivity index (χ4v) is 4.66. The van der Waals surface area contributed by atoms with Crippen LogP contribution in [0.4, 0.5) is 0 Å². The number of hydrogen-bond donors (Lipinski definition) is 1. The summed E-state index contributed by atoms with van der Waals surface area (Å²) in [5, 5.41) is 9.11. The zero-order chi connectivity index (χ0) is 21.6. The van der Waals surface area contributed by atoms with Gasteiger partial charge in [-0.3, -0.25) is 0 Å². The minimum Gasteiger partial charge on any atom is -0.478 e. The monoisotopic (exact) mass is 394 g/mol. The van der Waals surface area contributed by atoms with E-state index in [1.165, 1.54) is 47.5 Å². The third-order valence-corrected chi connectivity index (χ3v) is 6.79. The number of carboxylic acid groups (broad SMARTS) is 1. The van der Waals surface area contributed by atoms with E-state index in [0.29, 0.717) is 0 Å². The predicted octanol–water partition coefficient (Wildman–Crippen LogP) is 5.94. The molecule has 29 heavy (non-hydrogen) atoms. The largest absolute Gasteiger partial charge is 0.478 e. The second-order valence-electron chi connectivity index (χ2n) is 9.66. The van der Waals surface area contributed by atoms with E-state index in [0.717, 1.165) is 18.7 Å². The number of nitrogens with zero attached hydrogens (tertiary/aromatic N) is 2. The average Bonchev–Trinajstić information content (AvgIpc) is 3.49. The van der Waals surface area contributed by atoms with Gasteiger partial charge in [-0.25, -0.2) is 14.8 Å². The number of rotatable bonds is 3. The molecule has 1 aromatic carbocycles. The van der Waals surface area contributed by atoms with Gasteiger partial charge in [0.2, 0.25) is 0 Å². The molecule has 0 spiro atoms. The molecule has 0 saturated heterocycles. The molecule has 156 valence electrons. The first-order valence-corrected chi connectivity index (χ1v) is 10.8. The molecule has 4 rings (SSSR count). The van der Waals surface area contributed by atoms with Gasteiger partial charge in [0, 0.05) is 12.4 Å². The summed E-state index contributed by atoms with van der Waals surface area (Å²) in [6, 6.07) is 4.80. The van der Waals surface area contributed by atoms with E-state index in [4.69, 9.17) is 5.11 Å². The molecular weight excluding hydrogens is 360 g/mol. The van der Waals surface area contributed by atoms with Gasteiger partial charge in [-0.05, 0) is 65.7 Å². The lowest BCUT2D eigenvalue weighted by molar-refractivity contribution is 0.0696. The summed E-state index contributed by atoms with van der Waals surface area (Å²) in [5.74, 6) is -0.233. The fraction of sp³-hybridized carbons (Fsp3) is 0.560. The van der Waals surface area contributed by atoms with Crippen molar-refractivity contribution in [3.8, 4) is 0 Å². The van der Waals surface area contributed by atoms with Gasteiger partial charge in [0.25, 0.3) is 0 Å². The van der Waals surface area contributed by atoms with Crippen molar-refractivity contribution in [2.45, 2.75) is 90.4 Å². The number of carboxylic acids is 1. The van der Waals surface area contributed by atoms with Gasteiger partial charge in [0.05, 0.1) is 11.0 Å². The van der Waals surface area contributed by atoms with Crippen molar-refractivity contribution < 1.29 is 9.90 Å². The summed E-state index contributed by atoms with van der Waals surface area (Å²) in [6.45, 7) is 15.6. The number of aromatic carboxylic acids is 1. The summed E-state index contributed by atoms with van der Waals surface area (Å²) in [6.07, 6.45) is 7.30. The van der Waals surface area contributed by atoms with E-state index >= 15 is 0 Å². The van der Waals surface area contributed by atoms with Crippen LogP contribution in [0.3, 0.4) is 0 Å². The number of hydrogen-bond acceptors (Lipinski definition) is 3. The molecule has 0 aliphatic heterocycles. The summed E-state index contributed by atoms with van der Waals surface area (Å²) in [7, 11) is 0. The Bertz CT molecular complexity index is 923. The summed E-state index contributed by atoms with van der Waals surface area (Å²) in [5.41, 5.74) is 5.87. The highest BCUT2D eigenvalue weighted by Crippen LogP contribution is 2.55. The average molecular weight is 395 g/mol. The lowest BCUT2D eigenvalue weighted by Gasteiger charge is -2.42. The standard InChI is InChI=1S/C23H28N2O2.C2H6/c1-14-10-17-18(22(4,5)7-6-21(17,2)3)11-16(14)23(8-9-23)20-24-12-15(13-25-20)19(26)27;1-2/h10-13H,6-9H2,1-5H3,(H,26,27);1-2H3. The maximum Gasteiger partial charge on any atom is 0.338 e. The molecule has 4 nitrogen and oxygen atoms in total. The van der Waals surface area contributed by atoms with Crippen LogP contribution in [0.15, 0.2) is 24.5 Å².